The SMILES string of the molecule is CCOC1CC(NC(=O)c2oc3c(c2C)C(=O)CCC3)C12CCC2. The fourth-order valence-corrected chi connectivity index (χ4v) is 4.73. The van der Waals surface area contributed by atoms with Gasteiger partial charge in [0.15, 0.2) is 11.5 Å². The van der Waals surface area contributed by atoms with Crippen molar-refractivity contribution in [3.05, 3.63) is 22.6 Å². The number of hydrogen-bond donors (Lipinski definition) is 1. The number of furan rings is 1. The third kappa shape index (κ3) is 2.17. The van der Waals surface area contributed by atoms with E-state index in [9.17, 15) is 9.59 Å². The Bertz CT molecular complexity index is 686. The predicted molar refractivity (Wildman–Crippen MR) is 88.3 cm³/mol. The Kier molecular flexibility index (Phi) is 3.79. The lowest BCUT2D eigenvalue weighted by Gasteiger charge is -2.60. The zero-order chi connectivity index (χ0) is 16.9. The van der Waals surface area contributed by atoms with Gasteiger partial charge in [-0.15, -0.1) is 0 Å². The molecule has 4 rings (SSSR count). The lowest BCUT2D eigenvalue weighted by atomic mass is 9.51. The van der Waals surface area contributed by atoms with Crippen LogP contribution in [0.2, 0.25) is 0 Å². The predicted octanol–water partition coefficient (Wildman–Crippen LogP) is 3.18. The van der Waals surface area contributed by atoms with Crippen LogP contribution in [0, 0.1) is 12.3 Å². The second-order valence-electron chi connectivity index (χ2n) is 7.42. The minimum Gasteiger partial charge on any atom is -0.455 e. The molecule has 1 N–H and O–H groups in total. The van der Waals surface area contributed by atoms with E-state index in [1.54, 1.807) is 0 Å². The van der Waals surface area contributed by atoms with Crippen LogP contribution in [-0.4, -0.2) is 30.4 Å². The second kappa shape index (κ2) is 5.73. The molecular weight excluding hydrogens is 306 g/mol. The molecule has 2 fully saturated rings. The number of carbonyl (C=O) groups excluding carboxylic acids is 2. The smallest absolute Gasteiger partial charge is 0.287 e. The van der Waals surface area contributed by atoms with Gasteiger partial charge in [-0.2, -0.15) is 0 Å². The van der Waals surface area contributed by atoms with E-state index in [1.807, 2.05) is 13.8 Å². The molecule has 0 aromatic carbocycles. The largest absolute Gasteiger partial charge is 0.455 e. The lowest BCUT2D eigenvalue weighted by Crippen LogP contribution is -2.67. The zero-order valence-electron chi connectivity index (χ0n) is 14.4. The molecule has 1 aromatic heterocycles. The number of ether oxygens (including phenoxy) is 1. The van der Waals surface area contributed by atoms with Gasteiger partial charge in [-0.25, -0.2) is 0 Å². The molecule has 2 atom stereocenters. The fourth-order valence-electron chi connectivity index (χ4n) is 4.73. The molecule has 1 amide bonds. The first-order valence-corrected chi connectivity index (χ1v) is 9.14. The average molecular weight is 331 g/mol. The second-order valence-corrected chi connectivity index (χ2v) is 7.42. The molecule has 0 aliphatic heterocycles. The van der Waals surface area contributed by atoms with Gasteiger partial charge in [0.05, 0.1) is 11.7 Å². The van der Waals surface area contributed by atoms with E-state index in [4.69, 9.17) is 9.15 Å². The Morgan fingerprint density at radius 2 is 2.12 bits per heavy atom. The van der Waals surface area contributed by atoms with Crippen LogP contribution in [-0.2, 0) is 11.2 Å². The molecule has 2 unspecified atom stereocenters. The van der Waals surface area contributed by atoms with E-state index in [2.05, 4.69) is 5.32 Å². The summed E-state index contributed by atoms with van der Waals surface area (Å²) in [6.45, 7) is 4.56. The molecule has 0 bridgehead atoms. The molecule has 2 saturated carbocycles. The number of aryl methyl sites for hydroxylation is 1. The Labute approximate surface area is 142 Å². The van der Waals surface area contributed by atoms with Crippen molar-refractivity contribution < 1.29 is 18.7 Å². The highest BCUT2D eigenvalue weighted by Crippen LogP contribution is 2.57. The number of fused-ring (bicyclic) bond motifs is 1. The van der Waals surface area contributed by atoms with Gasteiger partial charge < -0.3 is 14.5 Å². The monoisotopic (exact) mass is 331 g/mol. The summed E-state index contributed by atoms with van der Waals surface area (Å²) in [5, 5.41) is 3.15. The topological polar surface area (TPSA) is 68.5 Å². The molecular formula is C19H25NO4. The number of ketones is 1. The van der Waals surface area contributed by atoms with Gasteiger partial charge in [-0.1, -0.05) is 6.42 Å². The molecule has 0 saturated heterocycles. The van der Waals surface area contributed by atoms with E-state index in [-0.39, 0.29) is 29.3 Å². The van der Waals surface area contributed by atoms with E-state index in [0.29, 0.717) is 29.1 Å². The first-order valence-electron chi connectivity index (χ1n) is 9.14. The summed E-state index contributed by atoms with van der Waals surface area (Å²) in [5.74, 6) is 0.936. The van der Waals surface area contributed by atoms with Crippen molar-refractivity contribution in [1.29, 1.82) is 0 Å². The van der Waals surface area contributed by atoms with Gasteiger partial charge in [-0.05, 0) is 39.5 Å². The van der Waals surface area contributed by atoms with Gasteiger partial charge in [-0.3, -0.25) is 9.59 Å². The molecule has 3 aliphatic rings. The molecule has 1 spiro atoms. The van der Waals surface area contributed by atoms with Gasteiger partial charge >= 0.3 is 0 Å². The zero-order valence-corrected chi connectivity index (χ0v) is 14.4. The standard InChI is InChI=1S/C19H25NO4/c1-3-23-15-10-14(19(15)8-5-9-19)20-18(22)17-11(2)16-12(21)6-4-7-13(16)24-17/h14-15H,3-10H2,1-2H3,(H,20,22). The van der Waals surface area contributed by atoms with E-state index >= 15 is 0 Å². The van der Waals surface area contributed by atoms with E-state index in [1.165, 1.54) is 6.42 Å². The molecule has 3 aliphatic carbocycles. The van der Waals surface area contributed by atoms with Crippen LogP contribution >= 0.6 is 0 Å². The van der Waals surface area contributed by atoms with E-state index < -0.39 is 0 Å². The maximum Gasteiger partial charge on any atom is 0.287 e. The van der Waals surface area contributed by atoms with Gasteiger partial charge in [0.1, 0.15) is 5.76 Å². The lowest BCUT2D eigenvalue weighted by molar-refractivity contribution is -0.169. The number of amides is 1. The van der Waals surface area contributed by atoms with Gasteiger partial charge in [0.25, 0.3) is 5.91 Å². The van der Waals surface area contributed by atoms with Crippen molar-refractivity contribution in [2.75, 3.05) is 6.61 Å². The van der Waals surface area contributed by atoms with Gasteiger partial charge in [0.2, 0.25) is 0 Å². The maximum atomic E-state index is 12.7. The van der Waals surface area contributed by atoms with Crippen LogP contribution in [0.3, 0.4) is 0 Å². The van der Waals surface area contributed by atoms with Crippen LogP contribution in [0.5, 0.6) is 0 Å². The van der Waals surface area contributed by atoms with Crippen molar-refractivity contribution in [2.45, 2.75) is 70.9 Å². The highest BCUT2D eigenvalue weighted by atomic mass is 16.5. The fraction of sp³-hybridized carbons (Fsp3) is 0.684. The normalized spacial score (nSPS) is 27.3. The summed E-state index contributed by atoms with van der Waals surface area (Å²) >= 11 is 0. The third-order valence-corrected chi connectivity index (χ3v) is 6.26. The first kappa shape index (κ1) is 15.9. The quantitative estimate of drug-likeness (QED) is 0.920. The molecule has 5 nitrogen and oxygen atoms in total. The first-order chi connectivity index (χ1) is 11.6. The number of carbonyl (C=O) groups is 2. The highest BCUT2D eigenvalue weighted by Gasteiger charge is 2.59. The van der Waals surface area contributed by atoms with Crippen molar-refractivity contribution >= 4 is 11.7 Å². The minimum atomic E-state index is -0.180. The molecule has 5 heteroatoms. The molecule has 1 aromatic rings. The summed E-state index contributed by atoms with van der Waals surface area (Å²) in [5.41, 5.74) is 1.47. The number of rotatable bonds is 4. The summed E-state index contributed by atoms with van der Waals surface area (Å²) in [6.07, 6.45) is 6.70. The Hall–Kier alpha value is -1.62. The number of hydrogen-bond acceptors (Lipinski definition) is 4. The summed E-state index contributed by atoms with van der Waals surface area (Å²) < 4.78 is 11.6. The molecule has 130 valence electrons. The van der Waals surface area contributed by atoms with Crippen LogP contribution in [0.15, 0.2) is 4.42 Å². The Morgan fingerprint density at radius 3 is 2.75 bits per heavy atom. The minimum absolute atomic E-state index is 0.104. The van der Waals surface area contributed by atoms with E-state index in [0.717, 1.165) is 38.7 Å². The van der Waals surface area contributed by atoms with Crippen molar-refractivity contribution in [2.24, 2.45) is 5.41 Å². The highest BCUT2D eigenvalue weighted by molar-refractivity contribution is 6.03. The van der Waals surface area contributed by atoms with Crippen LogP contribution in [0.25, 0.3) is 0 Å². The van der Waals surface area contributed by atoms with Crippen LogP contribution in [0.4, 0.5) is 0 Å². The van der Waals surface area contributed by atoms with Crippen molar-refractivity contribution in [3.8, 4) is 0 Å². The van der Waals surface area contributed by atoms with Gasteiger partial charge in [0, 0.05) is 36.5 Å². The molecule has 0 radical (unpaired) electrons. The maximum absolute atomic E-state index is 12.7. The van der Waals surface area contributed by atoms with Crippen LogP contribution < -0.4 is 5.32 Å². The molecule has 1 heterocycles. The summed E-state index contributed by atoms with van der Waals surface area (Å²) in [7, 11) is 0. The summed E-state index contributed by atoms with van der Waals surface area (Å²) in [4.78, 5) is 24.8. The van der Waals surface area contributed by atoms with Crippen LogP contribution in [0.1, 0.15) is 77.7 Å². The number of Topliss-reactive ketones (excluding diaryl/α,β-unsaturated/α-hetero) is 1. The Morgan fingerprint density at radius 1 is 1.33 bits per heavy atom. The Balaban J connectivity index is 1.51. The number of nitrogens with one attached hydrogen (secondary N) is 1. The molecule has 24 heavy (non-hydrogen) atoms. The third-order valence-electron chi connectivity index (χ3n) is 6.26. The van der Waals surface area contributed by atoms with Crippen molar-refractivity contribution in [3.63, 3.8) is 0 Å². The average Bonchev–Trinajstić information content (AvgIpc) is 2.83. The van der Waals surface area contributed by atoms with Crippen molar-refractivity contribution in [1.82, 2.24) is 5.32 Å². The summed E-state index contributed by atoms with van der Waals surface area (Å²) in [6, 6.07) is 0.160.